The lowest BCUT2D eigenvalue weighted by Crippen LogP contribution is -2.40. The zero-order chi connectivity index (χ0) is 27.9. The molecule has 5 nitrogen and oxygen atoms in total. The van der Waals surface area contributed by atoms with Gasteiger partial charge in [-0.25, -0.2) is 4.99 Å². The number of fused-ring (bicyclic) bond motifs is 2. The maximum atomic E-state index is 5.16. The normalized spacial score (nSPS) is 21.2. The van der Waals surface area contributed by atoms with Gasteiger partial charge in [-0.1, -0.05) is 39.7 Å². The second-order valence-electron chi connectivity index (χ2n) is 11.4. The number of pyridine rings is 1. The predicted octanol–water partition coefficient (Wildman–Crippen LogP) is 8.64. The standard InChI is InChI=1S/C34H49N5/c1-8-13-30-16-12-17-32(35-7)31(9-2)33-22-27(21-24(4)36-33)25(5)37-26(6)39(30)34-19-18-29(20-23(34)3)38-28-14-10-11-15-28/h18-22,28,30,35,38H,5,8-17H2,1-4,6-7H3/b32-31+,37-26?. The number of hydrogen-bond acceptors (Lipinski definition) is 5. The smallest absolute Gasteiger partial charge is 0.106 e. The number of rotatable bonds is 7. The number of amidine groups is 1. The van der Waals surface area contributed by atoms with Crippen molar-refractivity contribution in [2.45, 2.75) is 111 Å². The first-order valence-corrected chi connectivity index (χ1v) is 15.1. The van der Waals surface area contributed by atoms with Crippen molar-refractivity contribution in [3.63, 3.8) is 0 Å². The molecule has 4 rings (SSSR count). The summed E-state index contributed by atoms with van der Waals surface area (Å²) >= 11 is 0. The molecule has 1 fully saturated rings. The fourth-order valence-electron chi connectivity index (χ4n) is 6.49. The number of hydrogen-bond donors (Lipinski definition) is 2. The van der Waals surface area contributed by atoms with Crippen LogP contribution in [0.1, 0.15) is 107 Å². The summed E-state index contributed by atoms with van der Waals surface area (Å²) in [4.78, 5) is 12.6. The highest BCUT2D eigenvalue weighted by Crippen LogP contribution is 2.33. The van der Waals surface area contributed by atoms with Gasteiger partial charge in [-0.2, -0.15) is 0 Å². The van der Waals surface area contributed by atoms with E-state index in [1.165, 1.54) is 53.9 Å². The van der Waals surface area contributed by atoms with Crippen molar-refractivity contribution >= 4 is 28.5 Å². The van der Waals surface area contributed by atoms with E-state index in [1.807, 2.05) is 7.05 Å². The summed E-state index contributed by atoms with van der Waals surface area (Å²) in [6, 6.07) is 12.1. The van der Waals surface area contributed by atoms with E-state index in [0.717, 1.165) is 67.0 Å². The Morgan fingerprint density at radius 3 is 2.44 bits per heavy atom. The lowest BCUT2D eigenvalue weighted by molar-refractivity contribution is 0.530. The van der Waals surface area contributed by atoms with E-state index in [0.29, 0.717) is 12.1 Å². The molecule has 1 aliphatic heterocycles. The molecule has 1 saturated carbocycles. The first kappa shape index (κ1) is 28.9. The van der Waals surface area contributed by atoms with Crippen molar-refractivity contribution in [1.82, 2.24) is 10.3 Å². The first-order chi connectivity index (χ1) is 18.8. The molecule has 0 saturated heterocycles. The fourth-order valence-corrected chi connectivity index (χ4v) is 6.49. The minimum absolute atomic E-state index is 0.366. The summed E-state index contributed by atoms with van der Waals surface area (Å²) in [5.74, 6) is 1.01. The summed E-state index contributed by atoms with van der Waals surface area (Å²) in [7, 11) is 2.05. The van der Waals surface area contributed by atoms with E-state index < -0.39 is 0 Å². The van der Waals surface area contributed by atoms with Crippen molar-refractivity contribution < 1.29 is 0 Å². The van der Waals surface area contributed by atoms with Gasteiger partial charge in [0.25, 0.3) is 0 Å². The topological polar surface area (TPSA) is 52.5 Å². The summed E-state index contributed by atoms with van der Waals surface area (Å²) in [6.45, 7) is 15.4. The molecule has 1 aromatic carbocycles. The average molecular weight is 528 g/mol. The minimum Gasteiger partial charge on any atom is -0.391 e. The van der Waals surface area contributed by atoms with E-state index >= 15 is 0 Å². The number of aromatic nitrogens is 1. The molecule has 1 aromatic heterocycles. The molecule has 0 amide bonds. The lowest BCUT2D eigenvalue weighted by Gasteiger charge is -2.35. The van der Waals surface area contributed by atoms with Gasteiger partial charge in [0.1, 0.15) is 5.84 Å². The summed E-state index contributed by atoms with van der Waals surface area (Å²) in [6.07, 6.45) is 11.6. The zero-order valence-corrected chi connectivity index (χ0v) is 25.2. The molecule has 1 unspecified atom stereocenters. The van der Waals surface area contributed by atoms with Gasteiger partial charge in [-0.05, 0) is 107 Å². The van der Waals surface area contributed by atoms with E-state index in [4.69, 9.17) is 9.98 Å². The van der Waals surface area contributed by atoms with Gasteiger partial charge in [-0.3, -0.25) is 4.98 Å². The molecule has 2 aliphatic rings. The molecule has 2 bridgehead atoms. The highest BCUT2D eigenvalue weighted by Gasteiger charge is 2.24. The maximum absolute atomic E-state index is 5.16. The van der Waals surface area contributed by atoms with Crippen LogP contribution in [0.2, 0.25) is 0 Å². The third-order valence-electron chi connectivity index (χ3n) is 8.39. The van der Waals surface area contributed by atoms with Gasteiger partial charge in [-0.15, -0.1) is 0 Å². The van der Waals surface area contributed by atoms with Gasteiger partial charge in [0.15, 0.2) is 0 Å². The highest BCUT2D eigenvalue weighted by molar-refractivity contribution is 6.00. The lowest BCUT2D eigenvalue weighted by atomic mass is 9.97. The van der Waals surface area contributed by atoms with E-state index in [9.17, 15) is 0 Å². The average Bonchev–Trinajstić information content (AvgIpc) is 3.41. The molecule has 0 radical (unpaired) electrons. The van der Waals surface area contributed by atoms with Gasteiger partial charge >= 0.3 is 0 Å². The van der Waals surface area contributed by atoms with Gasteiger partial charge in [0, 0.05) is 47.5 Å². The molecule has 39 heavy (non-hydrogen) atoms. The molecule has 210 valence electrons. The van der Waals surface area contributed by atoms with Gasteiger partial charge in [0.2, 0.25) is 0 Å². The van der Waals surface area contributed by atoms with Crippen LogP contribution < -0.4 is 15.5 Å². The Morgan fingerprint density at radius 1 is 1.00 bits per heavy atom. The number of anilines is 2. The molecule has 1 aliphatic carbocycles. The maximum Gasteiger partial charge on any atom is 0.106 e. The molecular formula is C34H49N5. The van der Waals surface area contributed by atoms with Crippen LogP contribution in [-0.4, -0.2) is 30.0 Å². The Kier molecular flexibility index (Phi) is 9.88. The second-order valence-corrected chi connectivity index (χ2v) is 11.4. The third-order valence-corrected chi connectivity index (χ3v) is 8.39. The Morgan fingerprint density at radius 2 is 1.77 bits per heavy atom. The number of aliphatic imine (C=N–C) groups is 1. The number of nitrogens with one attached hydrogen (secondary N) is 2. The highest BCUT2D eigenvalue weighted by atomic mass is 15.2. The van der Waals surface area contributed by atoms with Crippen LogP contribution in [0.15, 0.2) is 47.6 Å². The van der Waals surface area contributed by atoms with Crippen molar-refractivity contribution in [3.8, 4) is 0 Å². The molecular weight excluding hydrogens is 478 g/mol. The molecule has 5 heteroatoms. The van der Waals surface area contributed by atoms with Gasteiger partial charge in [0.05, 0.1) is 11.4 Å². The number of nitrogens with zero attached hydrogens (tertiary/aromatic N) is 3. The monoisotopic (exact) mass is 527 g/mol. The molecule has 0 spiro atoms. The Hall–Kier alpha value is -3.08. The van der Waals surface area contributed by atoms with E-state index in [2.05, 4.69) is 87.1 Å². The molecule has 2 aromatic rings. The summed E-state index contributed by atoms with van der Waals surface area (Å²) in [5.41, 5.74) is 10.2. The van der Waals surface area contributed by atoms with Crippen molar-refractivity contribution in [2.75, 3.05) is 17.3 Å². The SMILES string of the molecule is C=C1N=C(C)N(c2ccc(NC3CCCC3)cc2C)C(CCC)CCC/C(NC)=C(/CC)c2cc1cc(C)n2. The summed E-state index contributed by atoms with van der Waals surface area (Å²) < 4.78 is 0. The molecule has 2 N–H and O–H groups in total. The van der Waals surface area contributed by atoms with Crippen LogP contribution in [0.3, 0.4) is 0 Å². The Labute approximate surface area is 236 Å². The van der Waals surface area contributed by atoms with Crippen LogP contribution in [0, 0.1) is 13.8 Å². The largest absolute Gasteiger partial charge is 0.391 e. The Balaban J connectivity index is 1.77. The van der Waals surface area contributed by atoms with Gasteiger partial charge < -0.3 is 15.5 Å². The van der Waals surface area contributed by atoms with Crippen molar-refractivity contribution in [2.24, 2.45) is 4.99 Å². The molecule has 1 atom stereocenters. The van der Waals surface area contributed by atoms with Crippen LogP contribution in [-0.2, 0) is 0 Å². The predicted molar refractivity (Wildman–Crippen MR) is 169 cm³/mol. The molecule has 2 heterocycles. The number of allylic oxidation sites excluding steroid dienone is 2. The van der Waals surface area contributed by atoms with Crippen LogP contribution in [0.4, 0.5) is 11.4 Å². The zero-order valence-electron chi connectivity index (χ0n) is 25.2. The van der Waals surface area contributed by atoms with Crippen LogP contribution in [0.25, 0.3) is 11.3 Å². The third kappa shape index (κ3) is 6.93. The summed E-state index contributed by atoms with van der Waals surface area (Å²) in [5, 5.41) is 7.30. The minimum atomic E-state index is 0.366. The van der Waals surface area contributed by atoms with E-state index in [-0.39, 0.29) is 0 Å². The number of benzene rings is 1. The Bertz CT molecular complexity index is 1220. The fraction of sp³-hybridized carbons (Fsp3) is 0.529. The van der Waals surface area contributed by atoms with E-state index in [1.54, 1.807) is 0 Å². The van der Waals surface area contributed by atoms with Crippen molar-refractivity contribution in [3.05, 3.63) is 65.1 Å². The second kappa shape index (κ2) is 13.3. The van der Waals surface area contributed by atoms with Crippen LogP contribution >= 0.6 is 0 Å². The quantitative estimate of drug-likeness (QED) is 0.378. The first-order valence-electron chi connectivity index (χ1n) is 15.1. The van der Waals surface area contributed by atoms with Crippen LogP contribution in [0.5, 0.6) is 0 Å². The number of aryl methyl sites for hydroxylation is 2. The van der Waals surface area contributed by atoms with Crippen molar-refractivity contribution in [1.29, 1.82) is 0 Å².